The van der Waals surface area contributed by atoms with E-state index in [1.807, 2.05) is 18.2 Å². The highest BCUT2D eigenvalue weighted by molar-refractivity contribution is 6.10. The minimum atomic E-state index is -0.296. The average Bonchev–Trinajstić information content (AvgIpc) is 2.69. The zero-order valence-electron chi connectivity index (χ0n) is 16.3. The van der Waals surface area contributed by atoms with E-state index in [4.69, 9.17) is 0 Å². The third-order valence-corrected chi connectivity index (χ3v) is 5.14. The standard InChI is InChI=1S/C23H24N2O3/c1-4-14(2)22-20(18-10-5-6-11-19(18)23(28)25-22)13-21(27)24-17-9-7-8-16(12-17)15(3)26/h5-14,22H,4H2,1-3H3,(H,24,27)(H,25,28)/b20-13-. The number of fused-ring (bicyclic) bond motifs is 1. The van der Waals surface area contributed by atoms with Crippen LogP contribution in [0.15, 0.2) is 54.6 Å². The number of nitrogens with one attached hydrogen (secondary N) is 2. The molecular weight excluding hydrogens is 352 g/mol. The highest BCUT2D eigenvalue weighted by Gasteiger charge is 2.31. The molecule has 5 heteroatoms. The van der Waals surface area contributed by atoms with E-state index >= 15 is 0 Å². The highest BCUT2D eigenvalue weighted by atomic mass is 16.2. The first-order valence-electron chi connectivity index (χ1n) is 9.44. The van der Waals surface area contributed by atoms with Crippen molar-refractivity contribution >= 4 is 28.9 Å². The van der Waals surface area contributed by atoms with E-state index in [0.717, 1.165) is 17.6 Å². The number of hydrogen-bond donors (Lipinski definition) is 2. The first-order chi connectivity index (χ1) is 13.4. The van der Waals surface area contributed by atoms with Crippen LogP contribution in [0.3, 0.4) is 0 Å². The lowest BCUT2D eigenvalue weighted by molar-refractivity contribution is -0.111. The third kappa shape index (κ3) is 4.03. The van der Waals surface area contributed by atoms with Gasteiger partial charge in [-0.3, -0.25) is 14.4 Å². The maximum atomic E-state index is 12.7. The van der Waals surface area contributed by atoms with Gasteiger partial charge in [0, 0.05) is 22.9 Å². The highest BCUT2D eigenvalue weighted by Crippen LogP contribution is 2.31. The predicted molar refractivity (Wildman–Crippen MR) is 110 cm³/mol. The van der Waals surface area contributed by atoms with Crippen LogP contribution in [0.1, 0.15) is 53.5 Å². The van der Waals surface area contributed by atoms with E-state index in [1.165, 1.54) is 6.92 Å². The Labute approximate surface area is 164 Å². The third-order valence-electron chi connectivity index (χ3n) is 5.14. The SMILES string of the molecule is CCC(C)C1NC(=O)c2ccccc2/C1=C/C(=O)Nc1cccc(C(C)=O)c1. The average molecular weight is 376 g/mol. The molecule has 1 heterocycles. The molecule has 2 aromatic carbocycles. The Bertz CT molecular complexity index is 962. The molecule has 0 radical (unpaired) electrons. The fourth-order valence-corrected chi connectivity index (χ4v) is 3.38. The van der Waals surface area contributed by atoms with Crippen molar-refractivity contribution < 1.29 is 14.4 Å². The van der Waals surface area contributed by atoms with Crippen molar-refractivity contribution in [3.8, 4) is 0 Å². The second-order valence-electron chi connectivity index (χ2n) is 7.11. The Kier molecular flexibility index (Phi) is 5.73. The molecule has 0 fully saturated rings. The Morgan fingerprint density at radius 2 is 1.86 bits per heavy atom. The van der Waals surface area contributed by atoms with Gasteiger partial charge in [-0.1, -0.05) is 50.6 Å². The molecule has 0 aliphatic carbocycles. The van der Waals surface area contributed by atoms with Gasteiger partial charge in [0.2, 0.25) is 5.91 Å². The smallest absolute Gasteiger partial charge is 0.252 e. The van der Waals surface area contributed by atoms with E-state index < -0.39 is 0 Å². The molecule has 0 bridgehead atoms. The molecule has 2 atom stereocenters. The molecule has 5 nitrogen and oxygen atoms in total. The number of carbonyl (C=O) groups excluding carboxylic acids is 3. The van der Waals surface area contributed by atoms with E-state index in [1.54, 1.807) is 36.4 Å². The fourth-order valence-electron chi connectivity index (χ4n) is 3.38. The normalized spacial score (nSPS) is 18.2. The van der Waals surface area contributed by atoms with Crippen LogP contribution in [0.2, 0.25) is 0 Å². The Morgan fingerprint density at radius 3 is 2.54 bits per heavy atom. The Balaban J connectivity index is 1.95. The fraction of sp³-hybridized carbons (Fsp3) is 0.261. The van der Waals surface area contributed by atoms with Gasteiger partial charge in [0.05, 0.1) is 6.04 Å². The molecule has 144 valence electrons. The maximum Gasteiger partial charge on any atom is 0.252 e. The minimum Gasteiger partial charge on any atom is -0.345 e. The summed E-state index contributed by atoms with van der Waals surface area (Å²) in [7, 11) is 0. The second-order valence-corrected chi connectivity index (χ2v) is 7.11. The molecule has 0 saturated carbocycles. The van der Waals surface area contributed by atoms with Gasteiger partial charge in [-0.2, -0.15) is 0 Å². The van der Waals surface area contributed by atoms with Crippen LogP contribution in [0.5, 0.6) is 0 Å². The van der Waals surface area contributed by atoms with Gasteiger partial charge >= 0.3 is 0 Å². The van der Waals surface area contributed by atoms with Crippen molar-refractivity contribution in [2.45, 2.75) is 33.2 Å². The summed E-state index contributed by atoms with van der Waals surface area (Å²) in [6.07, 6.45) is 2.42. The zero-order chi connectivity index (χ0) is 20.3. The first-order valence-corrected chi connectivity index (χ1v) is 9.44. The van der Waals surface area contributed by atoms with E-state index in [0.29, 0.717) is 16.8 Å². The van der Waals surface area contributed by atoms with E-state index in [2.05, 4.69) is 24.5 Å². The Hall–Kier alpha value is -3.21. The summed E-state index contributed by atoms with van der Waals surface area (Å²) in [6, 6.07) is 13.9. The summed E-state index contributed by atoms with van der Waals surface area (Å²) in [6.45, 7) is 5.60. The van der Waals surface area contributed by atoms with Crippen molar-refractivity contribution in [3.05, 3.63) is 71.3 Å². The molecule has 1 aliphatic rings. The van der Waals surface area contributed by atoms with Crippen molar-refractivity contribution in [3.63, 3.8) is 0 Å². The lowest BCUT2D eigenvalue weighted by atomic mass is 9.82. The van der Waals surface area contributed by atoms with Crippen molar-refractivity contribution in [1.82, 2.24) is 5.32 Å². The number of benzene rings is 2. The van der Waals surface area contributed by atoms with Crippen LogP contribution in [-0.2, 0) is 4.79 Å². The van der Waals surface area contributed by atoms with Gasteiger partial charge in [-0.25, -0.2) is 0 Å². The molecular formula is C23H24N2O3. The van der Waals surface area contributed by atoms with Gasteiger partial charge in [-0.15, -0.1) is 0 Å². The summed E-state index contributed by atoms with van der Waals surface area (Å²) in [5.74, 6) is -0.296. The lowest BCUT2D eigenvalue weighted by Gasteiger charge is -2.32. The van der Waals surface area contributed by atoms with Gasteiger partial charge in [0.1, 0.15) is 0 Å². The monoisotopic (exact) mass is 376 g/mol. The molecule has 3 rings (SSSR count). The molecule has 0 spiro atoms. The lowest BCUT2D eigenvalue weighted by Crippen LogP contribution is -2.44. The molecule has 1 aliphatic heterocycles. The van der Waals surface area contributed by atoms with Gasteiger partial charge < -0.3 is 10.6 Å². The molecule has 28 heavy (non-hydrogen) atoms. The van der Waals surface area contributed by atoms with Crippen molar-refractivity contribution in [2.24, 2.45) is 5.92 Å². The number of carbonyl (C=O) groups is 3. The molecule has 0 aromatic heterocycles. The Morgan fingerprint density at radius 1 is 1.14 bits per heavy atom. The molecule has 2 unspecified atom stereocenters. The number of ketones is 1. The number of anilines is 1. The molecule has 2 amide bonds. The van der Waals surface area contributed by atoms with Crippen molar-refractivity contribution in [2.75, 3.05) is 5.32 Å². The predicted octanol–water partition coefficient (Wildman–Crippen LogP) is 4.07. The second kappa shape index (κ2) is 8.21. The van der Waals surface area contributed by atoms with E-state index in [-0.39, 0.29) is 29.6 Å². The number of Topliss-reactive ketones (excluding diaryl/α,β-unsaturated/α-hetero) is 1. The maximum absolute atomic E-state index is 12.7. The van der Waals surface area contributed by atoms with Crippen LogP contribution in [0, 0.1) is 5.92 Å². The van der Waals surface area contributed by atoms with Crippen LogP contribution in [-0.4, -0.2) is 23.6 Å². The number of amides is 2. The quantitative estimate of drug-likeness (QED) is 0.610. The van der Waals surface area contributed by atoms with Crippen LogP contribution in [0.25, 0.3) is 5.57 Å². The molecule has 2 aromatic rings. The van der Waals surface area contributed by atoms with Crippen LogP contribution in [0.4, 0.5) is 5.69 Å². The summed E-state index contributed by atoms with van der Waals surface area (Å²) in [4.78, 5) is 36.7. The zero-order valence-corrected chi connectivity index (χ0v) is 16.3. The van der Waals surface area contributed by atoms with Crippen molar-refractivity contribution in [1.29, 1.82) is 0 Å². The number of hydrogen-bond acceptors (Lipinski definition) is 3. The van der Waals surface area contributed by atoms with Gasteiger partial charge in [0.25, 0.3) is 5.91 Å². The van der Waals surface area contributed by atoms with Crippen LogP contribution >= 0.6 is 0 Å². The summed E-state index contributed by atoms with van der Waals surface area (Å²) in [5.41, 5.74) is 3.25. The molecule has 0 saturated heterocycles. The van der Waals surface area contributed by atoms with E-state index in [9.17, 15) is 14.4 Å². The van der Waals surface area contributed by atoms with Gasteiger partial charge in [-0.05, 0) is 42.2 Å². The van der Waals surface area contributed by atoms with Crippen LogP contribution < -0.4 is 10.6 Å². The summed E-state index contributed by atoms with van der Waals surface area (Å²) >= 11 is 0. The topological polar surface area (TPSA) is 75.3 Å². The van der Waals surface area contributed by atoms with Gasteiger partial charge in [0.15, 0.2) is 5.78 Å². The minimum absolute atomic E-state index is 0.0600. The first kappa shape index (κ1) is 19.5. The number of rotatable bonds is 5. The molecule has 2 N–H and O–H groups in total. The largest absolute Gasteiger partial charge is 0.345 e. The summed E-state index contributed by atoms with van der Waals surface area (Å²) in [5, 5.41) is 5.86. The summed E-state index contributed by atoms with van der Waals surface area (Å²) < 4.78 is 0.